The van der Waals surface area contributed by atoms with Gasteiger partial charge in [0.25, 0.3) is 0 Å². The molecule has 0 radical (unpaired) electrons. The summed E-state index contributed by atoms with van der Waals surface area (Å²) in [5.74, 6) is -0.255. The van der Waals surface area contributed by atoms with Crippen molar-refractivity contribution in [2.45, 2.75) is 30.7 Å². The first kappa shape index (κ1) is 11.4. The molecule has 0 aromatic carbocycles. The van der Waals surface area contributed by atoms with Crippen LogP contribution < -0.4 is 10.6 Å². The Bertz CT molecular complexity index is 212. The number of nitrogens with one attached hydrogen (secondary N) is 2. The van der Waals surface area contributed by atoms with E-state index in [4.69, 9.17) is 5.11 Å². The summed E-state index contributed by atoms with van der Waals surface area (Å²) >= 11 is 0. The molecule has 1 aliphatic rings. The van der Waals surface area contributed by atoms with E-state index in [1.165, 1.54) is 7.05 Å². The van der Waals surface area contributed by atoms with Gasteiger partial charge in [0.05, 0.1) is 30.9 Å². The van der Waals surface area contributed by atoms with Crippen molar-refractivity contribution in [2.75, 3.05) is 13.7 Å². The fourth-order valence-corrected chi connectivity index (χ4v) is 1.59. The first-order valence-corrected chi connectivity index (χ1v) is 4.54. The van der Waals surface area contributed by atoms with Crippen LogP contribution in [0.3, 0.4) is 0 Å². The molecule has 1 heterocycles. The van der Waals surface area contributed by atoms with E-state index in [0.29, 0.717) is 0 Å². The van der Waals surface area contributed by atoms with Crippen molar-refractivity contribution >= 4 is 5.91 Å². The predicted octanol–water partition coefficient (Wildman–Crippen LogP) is -2.82. The highest BCUT2D eigenvalue weighted by molar-refractivity contribution is 5.81. The van der Waals surface area contributed by atoms with Crippen molar-refractivity contribution in [3.8, 4) is 0 Å². The Kier molecular flexibility index (Phi) is 3.82. The van der Waals surface area contributed by atoms with Crippen molar-refractivity contribution in [1.29, 1.82) is 0 Å². The summed E-state index contributed by atoms with van der Waals surface area (Å²) in [6.45, 7) is -0.314. The third-order valence-corrected chi connectivity index (χ3v) is 2.46. The van der Waals surface area contributed by atoms with Gasteiger partial charge in [-0.25, -0.2) is 0 Å². The third-order valence-electron chi connectivity index (χ3n) is 2.46. The summed E-state index contributed by atoms with van der Waals surface area (Å²) < 4.78 is 0. The fraction of sp³-hybridized carbons (Fsp3) is 0.875. The minimum atomic E-state index is -1.03. The Morgan fingerprint density at radius 2 is 2.21 bits per heavy atom. The van der Waals surface area contributed by atoms with Crippen LogP contribution in [0.2, 0.25) is 0 Å². The van der Waals surface area contributed by atoms with Crippen molar-refractivity contribution in [3.63, 3.8) is 0 Å². The zero-order valence-corrected chi connectivity index (χ0v) is 7.97. The van der Waals surface area contributed by atoms with Crippen LogP contribution in [-0.4, -0.2) is 59.2 Å². The maximum absolute atomic E-state index is 11.2. The van der Waals surface area contributed by atoms with Gasteiger partial charge < -0.3 is 20.6 Å². The quantitative estimate of drug-likeness (QED) is 0.334. The van der Waals surface area contributed by atoms with E-state index in [9.17, 15) is 15.0 Å². The van der Waals surface area contributed by atoms with Crippen LogP contribution in [0.1, 0.15) is 6.42 Å². The van der Waals surface area contributed by atoms with Crippen LogP contribution in [-0.2, 0) is 4.79 Å². The number of carbonyl (C=O) groups excluding carboxylic acids is 1. The van der Waals surface area contributed by atoms with Crippen molar-refractivity contribution < 1.29 is 20.1 Å². The number of rotatable bonds is 2. The minimum Gasteiger partial charge on any atom is -0.395 e. The summed E-state index contributed by atoms with van der Waals surface area (Å²) in [6.07, 6.45) is -1.85. The van der Waals surface area contributed by atoms with Gasteiger partial charge in [-0.05, 0) is 0 Å². The van der Waals surface area contributed by atoms with E-state index in [0.717, 1.165) is 0 Å². The molecular weight excluding hydrogens is 188 g/mol. The molecule has 4 atom stereocenters. The second-order valence-corrected chi connectivity index (χ2v) is 3.42. The molecule has 0 aromatic heterocycles. The molecule has 0 saturated carbocycles. The van der Waals surface area contributed by atoms with Crippen LogP contribution in [0.25, 0.3) is 0 Å². The third kappa shape index (κ3) is 2.21. The summed E-state index contributed by atoms with van der Waals surface area (Å²) in [5, 5.41) is 32.9. The average Bonchev–Trinajstić information content (AvgIpc) is 2.20. The number of hydrogen-bond donors (Lipinski definition) is 5. The first-order valence-electron chi connectivity index (χ1n) is 4.54. The highest BCUT2D eigenvalue weighted by Gasteiger charge is 2.37. The van der Waals surface area contributed by atoms with Gasteiger partial charge in [-0.1, -0.05) is 0 Å². The molecule has 5 N–H and O–H groups in total. The van der Waals surface area contributed by atoms with E-state index in [1.807, 2.05) is 0 Å². The molecular formula is C8H16N2O4. The lowest BCUT2D eigenvalue weighted by molar-refractivity contribution is -0.127. The normalized spacial score (nSPS) is 38.0. The summed E-state index contributed by atoms with van der Waals surface area (Å²) in [5.41, 5.74) is 0. The molecule has 1 saturated heterocycles. The molecule has 0 aromatic rings. The Hall–Kier alpha value is -0.690. The molecule has 0 aliphatic carbocycles. The van der Waals surface area contributed by atoms with Gasteiger partial charge in [-0.15, -0.1) is 0 Å². The first-order chi connectivity index (χ1) is 6.60. The maximum Gasteiger partial charge on any atom is 0.236 e. The van der Waals surface area contributed by atoms with Gasteiger partial charge in [-0.2, -0.15) is 0 Å². The topological polar surface area (TPSA) is 102 Å². The molecule has 6 heteroatoms. The van der Waals surface area contributed by atoms with Gasteiger partial charge >= 0.3 is 0 Å². The molecule has 1 amide bonds. The molecule has 82 valence electrons. The van der Waals surface area contributed by atoms with Crippen LogP contribution >= 0.6 is 0 Å². The van der Waals surface area contributed by atoms with Crippen LogP contribution in [0.5, 0.6) is 0 Å². The Labute approximate surface area is 81.9 Å². The number of aliphatic hydroxyl groups excluding tert-OH is 3. The molecule has 6 nitrogen and oxygen atoms in total. The standard InChI is InChI=1S/C8H16N2O4/c1-9-8(14)4-2-6(12)7(13)5(3-11)10-4/h4-7,10-13H,2-3H2,1H3,(H,9,14). The Morgan fingerprint density at radius 1 is 1.57 bits per heavy atom. The lowest BCUT2D eigenvalue weighted by Crippen LogP contribution is -2.62. The highest BCUT2D eigenvalue weighted by Crippen LogP contribution is 2.14. The number of piperidine rings is 1. The SMILES string of the molecule is CNC(=O)C1CC(O)C(O)C(CO)N1. The molecule has 1 aliphatic heterocycles. The van der Waals surface area contributed by atoms with E-state index >= 15 is 0 Å². The Morgan fingerprint density at radius 3 is 2.71 bits per heavy atom. The molecule has 1 rings (SSSR count). The second-order valence-electron chi connectivity index (χ2n) is 3.42. The Balaban J connectivity index is 2.62. The van der Waals surface area contributed by atoms with Crippen molar-refractivity contribution in [3.05, 3.63) is 0 Å². The van der Waals surface area contributed by atoms with E-state index in [-0.39, 0.29) is 18.9 Å². The molecule has 4 unspecified atom stereocenters. The largest absolute Gasteiger partial charge is 0.395 e. The van der Waals surface area contributed by atoms with Gasteiger partial charge in [0.1, 0.15) is 0 Å². The van der Waals surface area contributed by atoms with Gasteiger partial charge in [0.2, 0.25) is 5.91 Å². The van der Waals surface area contributed by atoms with E-state index in [1.54, 1.807) is 0 Å². The van der Waals surface area contributed by atoms with E-state index in [2.05, 4.69) is 10.6 Å². The second kappa shape index (κ2) is 4.70. The summed E-state index contributed by atoms with van der Waals surface area (Å²) in [6, 6.07) is -1.21. The minimum absolute atomic E-state index is 0.150. The molecule has 0 spiro atoms. The lowest BCUT2D eigenvalue weighted by atomic mass is 9.93. The predicted molar refractivity (Wildman–Crippen MR) is 48.5 cm³/mol. The number of likely N-dealkylation sites (N-methyl/N-ethyl adjacent to an activating group) is 1. The van der Waals surface area contributed by atoms with Gasteiger partial charge in [-0.3, -0.25) is 10.1 Å². The summed E-state index contributed by atoms with van der Waals surface area (Å²) in [4.78, 5) is 11.2. The number of carbonyl (C=O) groups is 1. The number of aliphatic hydroxyl groups is 3. The summed E-state index contributed by atoms with van der Waals surface area (Å²) in [7, 11) is 1.50. The fourth-order valence-electron chi connectivity index (χ4n) is 1.59. The highest BCUT2D eigenvalue weighted by atomic mass is 16.3. The maximum atomic E-state index is 11.2. The van der Waals surface area contributed by atoms with Crippen molar-refractivity contribution in [1.82, 2.24) is 10.6 Å². The smallest absolute Gasteiger partial charge is 0.236 e. The number of hydrogen-bond acceptors (Lipinski definition) is 5. The lowest BCUT2D eigenvalue weighted by Gasteiger charge is -2.36. The van der Waals surface area contributed by atoms with Gasteiger partial charge in [0.15, 0.2) is 0 Å². The zero-order valence-electron chi connectivity index (χ0n) is 7.97. The monoisotopic (exact) mass is 204 g/mol. The van der Waals surface area contributed by atoms with Crippen molar-refractivity contribution in [2.24, 2.45) is 0 Å². The van der Waals surface area contributed by atoms with Crippen LogP contribution in [0.4, 0.5) is 0 Å². The molecule has 0 bridgehead atoms. The number of amides is 1. The van der Waals surface area contributed by atoms with E-state index < -0.39 is 24.3 Å². The average molecular weight is 204 g/mol. The molecule has 1 fully saturated rings. The zero-order chi connectivity index (χ0) is 10.7. The molecule has 14 heavy (non-hydrogen) atoms. The van der Waals surface area contributed by atoms with Gasteiger partial charge in [0, 0.05) is 13.5 Å². The van der Waals surface area contributed by atoms with Crippen LogP contribution in [0.15, 0.2) is 0 Å². The van der Waals surface area contributed by atoms with Crippen LogP contribution in [0, 0.1) is 0 Å².